The van der Waals surface area contributed by atoms with Crippen molar-refractivity contribution in [2.75, 3.05) is 25.5 Å². The highest BCUT2D eigenvalue weighted by Crippen LogP contribution is 2.38. The second-order valence-corrected chi connectivity index (χ2v) is 10.8. The third-order valence-corrected chi connectivity index (χ3v) is 7.95. The van der Waals surface area contributed by atoms with Gasteiger partial charge in [0.25, 0.3) is 0 Å². The molecule has 1 aliphatic heterocycles. The van der Waals surface area contributed by atoms with Crippen molar-refractivity contribution in [1.82, 2.24) is 24.5 Å². The van der Waals surface area contributed by atoms with Crippen LogP contribution in [0.15, 0.2) is 40.8 Å². The van der Waals surface area contributed by atoms with Gasteiger partial charge in [-0.1, -0.05) is 6.07 Å². The van der Waals surface area contributed by atoms with Crippen LogP contribution in [0.25, 0.3) is 17.3 Å². The Kier molecular flexibility index (Phi) is 6.75. The number of furan rings is 1. The summed E-state index contributed by atoms with van der Waals surface area (Å²) < 4.78 is 54.9. The van der Waals surface area contributed by atoms with Crippen molar-refractivity contribution in [3.63, 3.8) is 0 Å². The molecule has 38 heavy (non-hydrogen) atoms. The smallest absolute Gasteiger partial charge is 0.243 e. The maximum Gasteiger partial charge on any atom is 0.243 e. The van der Waals surface area contributed by atoms with Crippen LogP contribution >= 0.6 is 0 Å². The van der Waals surface area contributed by atoms with Crippen LogP contribution < -0.4 is 18.9 Å². The van der Waals surface area contributed by atoms with Crippen LogP contribution in [-0.4, -0.2) is 64.1 Å². The maximum atomic E-state index is 13.5. The molecule has 0 fully saturated rings. The topological polar surface area (TPSA) is 156 Å². The first-order valence-corrected chi connectivity index (χ1v) is 13.4. The Morgan fingerprint density at radius 2 is 1.87 bits per heavy atom. The molecule has 2 N–H and O–H groups in total. The molecule has 13 nitrogen and oxygen atoms in total. The highest BCUT2D eigenvalue weighted by atomic mass is 32.2. The Morgan fingerprint density at radius 1 is 1.13 bits per heavy atom. The fourth-order valence-electron chi connectivity index (χ4n) is 4.19. The monoisotopic (exact) mass is 544 g/mol. The van der Waals surface area contributed by atoms with Gasteiger partial charge in [-0.3, -0.25) is 9.29 Å². The molecule has 0 spiro atoms. The molecule has 14 heteroatoms. The summed E-state index contributed by atoms with van der Waals surface area (Å²) >= 11 is 0. The Labute approximate surface area is 219 Å². The fourth-order valence-corrected chi connectivity index (χ4v) is 5.24. The number of anilines is 1. The molecule has 4 heterocycles. The van der Waals surface area contributed by atoms with Gasteiger partial charge in [-0.25, -0.2) is 13.1 Å². The number of aliphatic hydroxyl groups excluding tert-OH is 1. The zero-order valence-electron chi connectivity index (χ0n) is 21.3. The largest absolute Gasteiger partial charge is 0.494 e. The molecule has 3 aromatic heterocycles. The molecule has 4 aromatic rings. The molecule has 0 aliphatic carbocycles. The number of fused-ring (bicyclic) bond motifs is 1. The number of aryl methyl sites for hydroxylation is 2. The number of benzene rings is 1. The summed E-state index contributed by atoms with van der Waals surface area (Å²) in [6.07, 6.45) is -0.655. The average Bonchev–Trinajstić information content (AvgIpc) is 3.65. The van der Waals surface area contributed by atoms with Crippen molar-refractivity contribution >= 4 is 16.0 Å². The number of nitrogens with one attached hydrogen (secondary N) is 1. The Morgan fingerprint density at radius 3 is 2.50 bits per heavy atom. The number of hydrogen-bond donors (Lipinski definition) is 2. The predicted molar refractivity (Wildman–Crippen MR) is 136 cm³/mol. The van der Waals surface area contributed by atoms with Gasteiger partial charge in [-0.15, -0.1) is 10.2 Å². The highest BCUT2D eigenvalue weighted by Gasteiger charge is 2.34. The van der Waals surface area contributed by atoms with E-state index in [0.29, 0.717) is 47.7 Å². The van der Waals surface area contributed by atoms with Crippen molar-refractivity contribution in [2.24, 2.45) is 0 Å². The van der Waals surface area contributed by atoms with Crippen molar-refractivity contribution in [2.45, 2.75) is 38.2 Å². The van der Waals surface area contributed by atoms with Crippen LogP contribution in [0.4, 0.5) is 5.95 Å². The van der Waals surface area contributed by atoms with Gasteiger partial charge >= 0.3 is 0 Å². The minimum Gasteiger partial charge on any atom is -0.494 e. The van der Waals surface area contributed by atoms with Crippen molar-refractivity contribution in [3.05, 3.63) is 47.9 Å². The molecule has 0 saturated carbocycles. The van der Waals surface area contributed by atoms with Gasteiger partial charge in [0.1, 0.15) is 34.3 Å². The minimum absolute atomic E-state index is 0.150. The molecule has 2 atom stereocenters. The normalized spacial score (nSPS) is 14.9. The molecular weight excluding hydrogens is 516 g/mol. The average molecular weight is 545 g/mol. The van der Waals surface area contributed by atoms with Crippen LogP contribution in [0.1, 0.15) is 30.9 Å². The lowest BCUT2D eigenvalue weighted by atomic mass is 10.2. The number of hydrogen-bond acceptors (Lipinski definition) is 10. The van der Waals surface area contributed by atoms with Crippen molar-refractivity contribution in [1.29, 1.82) is 0 Å². The molecule has 0 radical (unpaired) electrons. The van der Waals surface area contributed by atoms with E-state index in [1.165, 1.54) is 25.7 Å². The molecular formula is C24H28N6O7S. The van der Waals surface area contributed by atoms with E-state index in [9.17, 15) is 13.5 Å². The number of rotatable bonds is 9. The highest BCUT2D eigenvalue weighted by molar-refractivity contribution is 7.93. The summed E-state index contributed by atoms with van der Waals surface area (Å²) in [4.78, 5) is 0. The zero-order chi connectivity index (χ0) is 27.0. The quantitative estimate of drug-likeness (QED) is 0.321. The number of methoxy groups -OCH3 is 2. The zero-order valence-corrected chi connectivity index (χ0v) is 22.1. The van der Waals surface area contributed by atoms with Crippen molar-refractivity contribution < 1.29 is 32.2 Å². The third-order valence-electron chi connectivity index (χ3n) is 6.25. The standard InChI is InChI=1S/C24H28N6O7S/c1-14-9-10-19(37-14)23-25-26-24(30(23)21-17(34-3)7-5-8-18(21)35-4)28-38(32,33)15(2)22(31)16-13-20-29(27-16)11-6-12-36-20/h5,7-10,13,15,22,31H,6,11-12H2,1-4H3,(H,26,28)/t15-,22+/m1/s1. The number of para-hydroxylation sites is 1. The lowest BCUT2D eigenvalue weighted by molar-refractivity contribution is 0.170. The van der Waals surface area contributed by atoms with Gasteiger partial charge in [0.2, 0.25) is 27.7 Å². The van der Waals surface area contributed by atoms with Gasteiger partial charge in [-0.2, -0.15) is 5.10 Å². The number of nitrogens with zero attached hydrogens (tertiary/aromatic N) is 5. The van der Waals surface area contributed by atoms with Crippen LogP contribution in [-0.2, 0) is 16.6 Å². The molecule has 0 bridgehead atoms. The van der Waals surface area contributed by atoms with Crippen LogP contribution in [0.3, 0.4) is 0 Å². The fraction of sp³-hybridized carbons (Fsp3) is 0.375. The van der Waals surface area contributed by atoms with Gasteiger partial charge in [-0.05, 0) is 38.1 Å². The van der Waals surface area contributed by atoms with E-state index < -0.39 is 21.4 Å². The first kappa shape index (κ1) is 25.6. The number of ether oxygens (including phenoxy) is 3. The summed E-state index contributed by atoms with van der Waals surface area (Å²) in [5.41, 5.74) is 0.552. The third kappa shape index (κ3) is 4.56. The molecule has 0 saturated heterocycles. The first-order chi connectivity index (χ1) is 18.2. The SMILES string of the molecule is COc1cccc(OC)c1-n1c(NS(=O)(=O)[C@H](C)[C@H](O)c2cc3n(n2)CCCO3)nnc1-c1ccc(C)o1. The van der Waals surface area contributed by atoms with Crippen LogP contribution in [0, 0.1) is 6.92 Å². The lowest BCUT2D eigenvalue weighted by Crippen LogP contribution is -2.32. The number of aromatic nitrogens is 5. The summed E-state index contributed by atoms with van der Waals surface area (Å²) in [7, 11) is -1.26. The van der Waals surface area contributed by atoms with E-state index in [2.05, 4.69) is 20.0 Å². The molecule has 202 valence electrons. The predicted octanol–water partition coefficient (Wildman–Crippen LogP) is 2.70. The molecule has 1 aromatic carbocycles. The first-order valence-electron chi connectivity index (χ1n) is 11.9. The lowest BCUT2D eigenvalue weighted by Gasteiger charge is -2.20. The van der Waals surface area contributed by atoms with E-state index in [1.807, 2.05) is 0 Å². The summed E-state index contributed by atoms with van der Waals surface area (Å²) in [5.74, 6) is 2.30. The molecule has 0 unspecified atom stereocenters. The van der Waals surface area contributed by atoms with E-state index in [4.69, 9.17) is 18.6 Å². The number of aliphatic hydroxyl groups is 1. The van der Waals surface area contributed by atoms with E-state index >= 15 is 0 Å². The second kappa shape index (κ2) is 10.0. The van der Waals surface area contributed by atoms with Crippen molar-refractivity contribution in [3.8, 4) is 34.7 Å². The molecule has 0 amide bonds. The van der Waals surface area contributed by atoms with E-state index in [0.717, 1.165) is 6.42 Å². The van der Waals surface area contributed by atoms with Crippen LogP contribution in [0.2, 0.25) is 0 Å². The molecule has 5 rings (SSSR count). The number of sulfonamides is 1. The summed E-state index contributed by atoms with van der Waals surface area (Å²) in [6.45, 7) is 4.32. The Hall–Kier alpha value is -4.04. The van der Waals surface area contributed by atoms with Gasteiger partial charge in [0.05, 0.1) is 26.5 Å². The minimum atomic E-state index is -4.22. The van der Waals surface area contributed by atoms with Gasteiger partial charge in [0.15, 0.2) is 5.76 Å². The van der Waals surface area contributed by atoms with Gasteiger partial charge in [0, 0.05) is 19.0 Å². The van der Waals surface area contributed by atoms with E-state index in [-0.39, 0.29) is 17.5 Å². The summed E-state index contributed by atoms with van der Waals surface area (Å²) in [5, 5.41) is 22.3. The molecule has 1 aliphatic rings. The van der Waals surface area contributed by atoms with Crippen LogP contribution in [0.5, 0.6) is 17.4 Å². The Balaban J connectivity index is 1.55. The second-order valence-electron chi connectivity index (χ2n) is 8.73. The van der Waals surface area contributed by atoms with Gasteiger partial charge < -0.3 is 23.7 Å². The summed E-state index contributed by atoms with van der Waals surface area (Å²) in [6, 6.07) is 10.1. The Bertz CT molecular complexity index is 1510. The van der Waals surface area contributed by atoms with E-state index in [1.54, 1.807) is 48.0 Å². The maximum absolute atomic E-state index is 13.5.